The molecule has 0 N–H and O–H groups in total. The Balaban J connectivity index is 2.19. The van der Waals surface area contributed by atoms with Gasteiger partial charge in [-0.1, -0.05) is 63.5 Å². The third-order valence-electron chi connectivity index (χ3n) is 4.06. The Morgan fingerprint density at radius 3 is 2.27 bits per heavy atom. The lowest BCUT2D eigenvalue weighted by atomic mass is 10.1. The van der Waals surface area contributed by atoms with Gasteiger partial charge in [-0.05, 0) is 31.1 Å². The second-order valence-corrected chi connectivity index (χ2v) is 6.78. The summed E-state index contributed by atoms with van der Waals surface area (Å²) in [6, 6.07) is 0. The lowest BCUT2D eigenvalue weighted by Crippen LogP contribution is -2.20. The van der Waals surface area contributed by atoms with Gasteiger partial charge in [0.25, 0.3) is 0 Å². The lowest BCUT2D eigenvalue weighted by molar-refractivity contribution is 0.315. The highest BCUT2D eigenvalue weighted by molar-refractivity contribution is 6.32. The van der Waals surface area contributed by atoms with Gasteiger partial charge in [0, 0.05) is 24.8 Å². The summed E-state index contributed by atoms with van der Waals surface area (Å²) >= 11 is 12.1. The SMILES string of the molecule is CCCCCCCCCCN(C)Cc1cncc(Cl)c1CCl. The van der Waals surface area contributed by atoms with Crippen molar-refractivity contribution in [1.29, 1.82) is 0 Å². The quantitative estimate of drug-likeness (QED) is 0.339. The normalized spacial score (nSPS) is 11.3. The van der Waals surface area contributed by atoms with Crippen LogP contribution in [-0.4, -0.2) is 23.5 Å². The van der Waals surface area contributed by atoms with Gasteiger partial charge in [0.15, 0.2) is 0 Å². The summed E-state index contributed by atoms with van der Waals surface area (Å²) in [6.45, 7) is 4.25. The fraction of sp³-hybridized carbons (Fsp3) is 0.722. The molecule has 1 heterocycles. The summed E-state index contributed by atoms with van der Waals surface area (Å²) < 4.78 is 0. The van der Waals surface area contributed by atoms with Crippen molar-refractivity contribution in [2.45, 2.75) is 70.7 Å². The molecule has 0 radical (unpaired) electrons. The van der Waals surface area contributed by atoms with Crippen LogP contribution in [0.1, 0.15) is 69.4 Å². The number of rotatable bonds is 12. The van der Waals surface area contributed by atoms with Gasteiger partial charge in [0.2, 0.25) is 0 Å². The van der Waals surface area contributed by atoms with Crippen LogP contribution in [0.5, 0.6) is 0 Å². The second kappa shape index (κ2) is 12.2. The maximum absolute atomic E-state index is 6.15. The van der Waals surface area contributed by atoms with Crippen LogP contribution in [0.3, 0.4) is 0 Å². The smallest absolute Gasteiger partial charge is 0.0636 e. The summed E-state index contributed by atoms with van der Waals surface area (Å²) in [6.07, 6.45) is 14.4. The Morgan fingerprint density at radius 2 is 1.64 bits per heavy atom. The Morgan fingerprint density at radius 1 is 1.00 bits per heavy atom. The van der Waals surface area contributed by atoms with Gasteiger partial charge in [0.05, 0.1) is 5.02 Å². The Kier molecular flexibility index (Phi) is 10.9. The van der Waals surface area contributed by atoms with Gasteiger partial charge >= 0.3 is 0 Å². The molecule has 0 saturated carbocycles. The van der Waals surface area contributed by atoms with E-state index >= 15 is 0 Å². The molecule has 0 aliphatic carbocycles. The molecule has 0 aliphatic rings. The molecule has 1 aromatic heterocycles. The minimum absolute atomic E-state index is 0.447. The summed E-state index contributed by atoms with van der Waals surface area (Å²) in [5.41, 5.74) is 2.16. The highest BCUT2D eigenvalue weighted by Gasteiger charge is 2.09. The molecule has 0 amide bonds. The van der Waals surface area contributed by atoms with Crippen LogP contribution in [0.4, 0.5) is 0 Å². The lowest BCUT2D eigenvalue weighted by Gasteiger charge is -2.18. The second-order valence-electron chi connectivity index (χ2n) is 6.11. The van der Waals surface area contributed by atoms with Gasteiger partial charge in [-0.15, -0.1) is 11.6 Å². The molecule has 0 atom stereocenters. The van der Waals surface area contributed by atoms with Crippen LogP contribution in [0, 0.1) is 0 Å². The molecule has 22 heavy (non-hydrogen) atoms. The number of hydrogen-bond acceptors (Lipinski definition) is 2. The summed E-state index contributed by atoms with van der Waals surface area (Å²) in [7, 11) is 2.15. The average molecular weight is 345 g/mol. The van der Waals surface area contributed by atoms with E-state index in [1.807, 2.05) is 6.20 Å². The predicted molar refractivity (Wildman–Crippen MR) is 97.7 cm³/mol. The van der Waals surface area contributed by atoms with Gasteiger partial charge in [-0.25, -0.2) is 0 Å². The first-order valence-corrected chi connectivity index (χ1v) is 9.46. The van der Waals surface area contributed by atoms with Crippen molar-refractivity contribution in [3.63, 3.8) is 0 Å². The number of halogens is 2. The number of aromatic nitrogens is 1. The standard InChI is InChI=1S/C18H30Cl2N2/c1-3-4-5-6-7-8-9-10-11-22(2)15-16-13-21-14-18(20)17(16)12-19/h13-14H,3-12,15H2,1-2H3. The molecule has 4 heteroatoms. The molecule has 0 spiro atoms. The van der Waals surface area contributed by atoms with E-state index in [-0.39, 0.29) is 0 Å². The van der Waals surface area contributed by atoms with Crippen molar-refractivity contribution < 1.29 is 0 Å². The van der Waals surface area contributed by atoms with Gasteiger partial charge in [-0.2, -0.15) is 0 Å². The minimum Gasteiger partial charge on any atom is -0.302 e. The molecule has 0 bridgehead atoms. The fourth-order valence-corrected chi connectivity index (χ4v) is 3.30. The summed E-state index contributed by atoms with van der Waals surface area (Å²) in [4.78, 5) is 6.51. The van der Waals surface area contributed by atoms with E-state index in [0.717, 1.165) is 24.2 Å². The maximum atomic E-state index is 6.15. The van der Waals surface area contributed by atoms with Gasteiger partial charge < -0.3 is 4.90 Å². The van der Waals surface area contributed by atoms with Crippen molar-refractivity contribution in [3.05, 3.63) is 28.5 Å². The number of alkyl halides is 1. The van der Waals surface area contributed by atoms with Crippen molar-refractivity contribution in [2.24, 2.45) is 0 Å². The first-order valence-electron chi connectivity index (χ1n) is 8.54. The van der Waals surface area contributed by atoms with E-state index in [0.29, 0.717) is 10.9 Å². The maximum Gasteiger partial charge on any atom is 0.0636 e. The molecule has 1 aromatic rings. The van der Waals surface area contributed by atoms with Gasteiger partial charge in [-0.3, -0.25) is 4.98 Å². The molecule has 0 aliphatic heterocycles. The van der Waals surface area contributed by atoms with Crippen molar-refractivity contribution in [1.82, 2.24) is 9.88 Å². The van der Waals surface area contributed by atoms with E-state index in [2.05, 4.69) is 23.9 Å². The van der Waals surface area contributed by atoms with Crippen LogP contribution in [0.2, 0.25) is 5.02 Å². The number of unbranched alkanes of at least 4 members (excludes halogenated alkanes) is 7. The zero-order valence-electron chi connectivity index (χ0n) is 14.1. The van der Waals surface area contributed by atoms with Crippen LogP contribution >= 0.6 is 23.2 Å². The van der Waals surface area contributed by atoms with E-state index in [4.69, 9.17) is 23.2 Å². The third kappa shape index (κ3) is 7.80. The first kappa shape index (κ1) is 19.7. The highest BCUT2D eigenvalue weighted by atomic mass is 35.5. The minimum atomic E-state index is 0.447. The first-order chi connectivity index (χ1) is 10.7. The summed E-state index contributed by atoms with van der Waals surface area (Å²) in [5.74, 6) is 0.447. The van der Waals surface area contributed by atoms with Crippen molar-refractivity contribution in [3.8, 4) is 0 Å². The topological polar surface area (TPSA) is 16.1 Å². The molecular weight excluding hydrogens is 315 g/mol. The van der Waals surface area contributed by atoms with Crippen molar-refractivity contribution in [2.75, 3.05) is 13.6 Å². The van der Waals surface area contributed by atoms with E-state index in [1.165, 1.54) is 51.4 Å². The zero-order valence-corrected chi connectivity index (χ0v) is 15.6. The zero-order chi connectivity index (χ0) is 16.2. The molecule has 0 saturated heterocycles. The number of pyridine rings is 1. The molecule has 2 nitrogen and oxygen atoms in total. The molecule has 126 valence electrons. The van der Waals surface area contributed by atoms with E-state index in [9.17, 15) is 0 Å². The Bertz CT molecular complexity index is 410. The predicted octanol–water partition coefficient (Wildman–Crippen LogP) is 6.05. The Hall–Kier alpha value is -0.310. The van der Waals surface area contributed by atoms with Crippen LogP contribution < -0.4 is 0 Å². The van der Waals surface area contributed by atoms with E-state index < -0.39 is 0 Å². The molecular formula is C18H30Cl2N2. The monoisotopic (exact) mass is 344 g/mol. The third-order valence-corrected chi connectivity index (χ3v) is 4.65. The molecule has 1 rings (SSSR count). The molecule has 0 unspecified atom stereocenters. The van der Waals surface area contributed by atoms with Gasteiger partial charge in [0.1, 0.15) is 0 Å². The Labute approximate surface area is 146 Å². The number of nitrogens with zero attached hydrogens (tertiary/aromatic N) is 2. The van der Waals surface area contributed by atoms with Crippen LogP contribution in [0.15, 0.2) is 12.4 Å². The largest absolute Gasteiger partial charge is 0.302 e. The average Bonchev–Trinajstić information content (AvgIpc) is 2.50. The van der Waals surface area contributed by atoms with Crippen molar-refractivity contribution >= 4 is 23.2 Å². The molecule has 0 fully saturated rings. The van der Waals surface area contributed by atoms with E-state index in [1.54, 1.807) is 6.20 Å². The van der Waals surface area contributed by atoms with Crippen LogP contribution in [0.25, 0.3) is 0 Å². The summed E-state index contributed by atoms with van der Waals surface area (Å²) in [5, 5.41) is 0.674. The van der Waals surface area contributed by atoms with Crippen LogP contribution in [-0.2, 0) is 12.4 Å². The fourth-order valence-electron chi connectivity index (χ4n) is 2.67. The highest BCUT2D eigenvalue weighted by Crippen LogP contribution is 2.21. The number of hydrogen-bond donors (Lipinski definition) is 0. The molecule has 0 aromatic carbocycles.